The van der Waals surface area contributed by atoms with Crippen molar-refractivity contribution in [3.63, 3.8) is 0 Å². The summed E-state index contributed by atoms with van der Waals surface area (Å²) in [5.74, 6) is -0.496. The van der Waals surface area contributed by atoms with E-state index in [0.717, 1.165) is 5.56 Å². The number of nitrogens with one attached hydrogen (secondary N) is 2. The number of aryl methyl sites for hydroxylation is 1. The largest absolute Gasteiger partial charge is 0.395 e. The van der Waals surface area contributed by atoms with Crippen LogP contribution < -0.4 is 10.9 Å². The van der Waals surface area contributed by atoms with Crippen LogP contribution in [0.2, 0.25) is 5.02 Å². The first-order chi connectivity index (χ1) is 8.42. The van der Waals surface area contributed by atoms with Gasteiger partial charge >= 0.3 is 0 Å². The molecule has 0 aliphatic heterocycles. The maximum absolute atomic E-state index is 11.7. The first-order valence-corrected chi connectivity index (χ1v) is 5.85. The van der Waals surface area contributed by atoms with Gasteiger partial charge in [0, 0.05) is 5.02 Å². The lowest BCUT2D eigenvalue weighted by molar-refractivity contribution is -0.134. The van der Waals surface area contributed by atoms with E-state index in [4.69, 9.17) is 21.8 Å². The third-order valence-corrected chi connectivity index (χ3v) is 3.15. The molecule has 100 valence electrons. The average Bonchev–Trinajstić information content (AvgIpc) is 2.38. The molecule has 0 heterocycles. The van der Waals surface area contributed by atoms with E-state index >= 15 is 0 Å². The minimum Gasteiger partial charge on any atom is -0.395 e. The van der Waals surface area contributed by atoms with Crippen molar-refractivity contribution in [3.8, 4) is 0 Å². The fraction of sp³-hybridized carbons (Fsp3) is 0.417. The van der Waals surface area contributed by atoms with Crippen LogP contribution in [0, 0.1) is 12.3 Å². The number of carbonyl (C=O) groups excluding carboxylic acids is 1. The predicted molar refractivity (Wildman–Crippen MR) is 70.2 cm³/mol. The summed E-state index contributed by atoms with van der Waals surface area (Å²) in [5, 5.41) is 18.7. The molecule has 0 radical (unpaired) electrons. The van der Waals surface area contributed by atoms with Gasteiger partial charge in [-0.2, -0.15) is 0 Å². The summed E-state index contributed by atoms with van der Waals surface area (Å²) < 4.78 is 0. The Morgan fingerprint density at radius 2 is 2.00 bits per heavy atom. The smallest absolute Gasteiger partial charge is 0.248 e. The molecule has 1 aromatic rings. The first-order valence-electron chi connectivity index (χ1n) is 5.47. The Morgan fingerprint density at radius 3 is 2.50 bits per heavy atom. The van der Waals surface area contributed by atoms with Crippen LogP contribution in [-0.2, 0) is 4.79 Å². The number of hydrazine groups is 1. The zero-order chi connectivity index (χ0) is 13.8. The molecule has 18 heavy (non-hydrogen) atoms. The molecule has 1 amide bonds. The van der Waals surface area contributed by atoms with Crippen molar-refractivity contribution >= 4 is 23.2 Å². The first kappa shape index (κ1) is 14.8. The fourth-order valence-electron chi connectivity index (χ4n) is 1.14. The van der Waals surface area contributed by atoms with E-state index in [1.807, 2.05) is 13.0 Å². The van der Waals surface area contributed by atoms with Crippen LogP contribution in [0.5, 0.6) is 0 Å². The van der Waals surface area contributed by atoms with Crippen molar-refractivity contribution in [2.24, 2.45) is 5.41 Å². The van der Waals surface area contributed by atoms with Gasteiger partial charge in [-0.3, -0.25) is 15.6 Å². The highest BCUT2D eigenvalue weighted by Crippen LogP contribution is 2.20. The van der Waals surface area contributed by atoms with Gasteiger partial charge in [0.25, 0.3) is 0 Å². The van der Waals surface area contributed by atoms with Crippen LogP contribution in [0.25, 0.3) is 0 Å². The Kier molecular flexibility index (Phi) is 4.95. The van der Waals surface area contributed by atoms with Crippen LogP contribution >= 0.6 is 11.6 Å². The Labute approximate surface area is 111 Å². The Morgan fingerprint density at radius 1 is 1.39 bits per heavy atom. The highest BCUT2D eigenvalue weighted by molar-refractivity contribution is 6.31. The van der Waals surface area contributed by atoms with E-state index in [1.54, 1.807) is 12.1 Å². The normalized spacial score (nSPS) is 11.2. The molecular formula is C12H17ClN2O3. The second kappa shape index (κ2) is 6.04. The molecule has 0 aromatic heterocycles. The molecule has 0 saturated carbocycles. The quantitative estimate of drug-likeness (QED) is 0.605. The Balaban J connectivity index is 2.65. The number of anilines is 1. The van der Waals surface area contributed by atoms with E-state index in [2.05, 4.69) is 10.9 Å². The van der Waals surface area contributed by atoms with Gasteiger partial charge in [0.1, 0.15) is 0 Å². The van der Waals surface area contributed by atoms with Gasteiger partial charge in [0.2, 0.25) is 5.91 Å². The van der Waals surface area contributed by atoms with Crippen LogP contribution in [0.1, 0.15) is 12.5 Å². The molecular weight excluding hydrogens is 256 g/mol. The van der Waals surface area contributed by atoms with Crippen molar-refractivity contribution in [3.05, 3.63) is 28.8 Å². The number of benzene rings is 1. The van der Waals surface area contributed by atoms with Gasteiger partial charge in [-0.25, -0.2) is 0 Å². The van der Waals surface area contributed by atoms with Crippen LogP contribution in [0.4, 0.5) is 5.69 Å². The summed E-state index contributed by atoms with van der Waals surface area (Å²) in [7, 11) is 0. The topological polar surface area (TPSA) is 81.6 Å². The number of aliphatic hydroxyl groups excluding tert-OH is 2. The summed E-state index contributed by atoms with van der Waals surface area (Å²) in [6.45, 7) is 2.46. The molecule has 1 rings (SSSR count). The summed E-state index contributed by atoms with van der Waals surface area (Å²) in [6.07, 6.45) is 0. The molecule has 0 saturated heterocycles. The third kappa shape index (κ3) is 3.35. The van der Waals surface area contributed by atoms with E-state index in [-0.39, 0.29) is 0 Å². The SMILES string of the molecule is Cc1ccc(NNC(=O)C(C)(CO)CO)cc1Cl. The zero-order valence-corrected chi connectivity index (χ0v) is 11.1. The standard InChI is InChI=1S/C12H17ClN2O3/c1-8-3-4-9(5-10(8)13)14-15-11(18)12(2,6-16)7-17/h3-5,14,16-17H,6-7H2,1-2H3,(H,15,18). The maximum Gasteiger partial charge on any atom is 0.248 e. The highest BCUT2D eigenvalue weighted by atomic mass is 35.5. The molecule has 0 fully saturated rings. The number of rotatable bonds is 5. The van der Waals surface area contributed by atoms with Crippen LogP contribution in [-0.4, -0.2) is 29.3 Å². The summed E-state index contributed by atoms with van der Waals surface area (Å²) >= 11 is 5.94. The van der Waals surface area contributed by atoms with E-state index in [9.17, 15) is 4.79 Å². The van der Waals surface area contributed by atoms with Crippen molar-refractivity contribution in [2.75, 3.05) is 18.6 Å². The number of hydrogen-bond donors (Lipinski definition) is 4. The second-order valence-corrected chi connectivity index (χ2v) is 4.83. The molecule has 1 aromatic carbocycles. The minimum atomic E-state index is -1.22. The summed E-state index contributed by atoms with van der Waals surface area (Å²) in [4.78, 5) is 11.7. The molecule has 0 aliphatic rings. The Bertz CT molecular complexity index is 433. The zero-order valence-electron chi connectivity index (χ0n) is 10.3. The lowest BCUT2D eigenvalue weighted by Crippen LogP contribution is -2.46. The summed E-state index contributed by atoms with van der Waals surface area (Å²) in [6, 6.07) is 5.25. The molecule has 0 spiro atoms. The van der Waals surface area contributed by atoms with Gasteiger partial charge in [-0.1, -0.05) is 17.7 Å². The average molecular weight is 273 g/mol. The minimum absolute atomic E-state index is 0.439. The number of amides is 1. The monoisotopic (exact) mass is 272 g/mol. The molecule has 0 atom stereocenters. The maximum atomic E-state index is 11.7. The van der Waals surface area contributed by atoms with Crippen LogP contribution in [0.3, 0.4) is 0 Å². The molecule has 6 heteroatoms. The lowest BCUT2D eigenvalue weighted by Gasteiger charge is -2.23. The van der Waals surface area contributed by atoms with Gasteiger partial charge in [0.05, 0.1) is 24.3 Å². The molecule has 0 aliphatic carbocycles. The van der Waals surface area contributed by atoms with Gasteiger partial charge < -0.3 is 10.2 Å². The van der Waals surface area contributed by atoms with Gasteiger partial charge in [-0.15, -0.1) is 0 Å². The third-order valence-electron chi connectivity index (χ3n) is 2.74. The molecule has 5 nitrogen and oxygen atoms in total. The molecule has 0 bridgehead atoms. The molecule has 4 N–H and O–H groups in total. The second-order valence-electron chi connectivity index (χ2n) is 4.42. The van der Waals surface area contributed by atoms with E-state index in [1.165, 1.54) is 6.92 Å². The number of aliphatic hydroxyl groups is 2. The number of hydrogen-bond acceptors (Lipinski definition) is 4. The summed E-state index contributed by atoms with van der Waals surface area (Å²) in [5.41, 5.74) is 5.44. The fourth-order valence-corrected chi connectivity index (χ4v) is 1.32. The van der Waals surface area contributed by atoms with Crippen molar-refractivity contribution < 1.29 is 15.0 Å². The Hall–Kier alpha value is -1.30. The van der Waals surface area contributed by atoms with Crippen molar-refractivity contribution in [2.45, 2.75) is 13.8 Å². The number of halogens is 1. The predicted octanol–water partition coefficient (Wildman–Crippen LogP) is 1.08. The molecule has 0 unspecified atom stereocenters. The van der Waals surface area contributed by atoms with E-state index in [0.29, 0.717) is 10.7 Å². The van der Waals surface area contributed by atoms with Gasteiger partial charge in [-0.05, 0) is 31.5 Å². The highest BCUT2D eigenvalue weighted by Gasteiger charge is 2.31. The van der Waals surface area contributed by atoms with E-state index < -0.39 is 24.5 Å². The van der Waals surface area contributed by atoms with Crippen molar-refractivity contribution in [1.29, 1.82) is 0 Å². The lowest BCUT2D eigenvalue weighted by atomic mass is 9.92. The van der Waals surface area contributed by atoms with Gasteiger partial charge in [0.15, 0.2) is 0 Å². The number of carbonyl (C=O) groups is 1. The van der Waals surface area contributed by atoms with Crippen molar-refractivity contribution in [1.82, 2.24) is 5.43 Å². The van der Waals surface area contributed by atoms with Crippen LogP contribution in [0.15, 0.2) is 18.2 Å².